The number of fused-ring (bicyclic) bond motifs is 1. The topological polar surface area (TPSA) is 58.6 Å². The second-order valence-electron chi connectivity index (χ2n) is 8.68. The average Bonchev–Trinajstić information content (AvgIpc) is 3.21. The molecule has 33 heavy (non-hydrogen) atoms. The van der Waals surface area contributed by atoms with Crippen LogP contribution in [-0.4, -0.2) is 35.1 Å². The van der Waals surface area contributed by atoms with Crippen molar-refractivity contribution in [1.29, 1.82) is 0 Å². The Morgan fingerprint density at radius 3 is 2.09 bits per heavy atom. The maximum absolute atomic E-state index is 13.2. The van der Waals surface area contributed by atoms with Gasteiger partial charge in [-0.3, -0.25) is 4.79 Å². The van der Waals surface area contributed by atoms with E-state index in [1.165, 1.54) is 0 Å². The van der Waals surface area contributed by atoms with E-state index in [1.807, 2.05) is 84.9 Å². The Morgan fingerprint density at radius 2 is 1.58 bits per heavy atom. The largest absolute Gasteiger partial charge is 0.444 e. The average molecular weight is 455 g/mol. The summed E-state index contributed by atoms with van der Waals surface area (Å²) in [6, 6.07) is 7.83. The number of rotatable bonds is 4. The first-order valence-electron chi connectivity index (χ1n) is 12.0. The molecule has 0 fully saturated rings. The minimum atomic E-state index is -0.580. The molecule has 1 aromatic rings. The lowest BCUT2D eigenvalue weighted by Crippen LogP contribution is -2.47. The van der Waals surface area contributed by atoms with Crippen LogP contribution in [0.4, 0.5) is 4.79 Å². The summed E-state index contributed by atoms with van der Waals surface area (Å²) in [6.45, 7) is 22.0. The van der Waals surface area contributed by atoms with Crippen molar-refractivity contribution >= 4 is 12.0 Å². The molecule has 1 aliphatic carbocycles. The van der Waals surface area contributed by atoms with Crippen molar-refractivity contribution in [3.05, 3.63) is 71.8 Å². The highest BCUT2D eigenvalue weighted by Crippen LogP contribution is 2.32. The highest BCUT2D eigenvalue weighted by molar-refractivity contribution is 5.86. The van der Waals surface area contributed by atoms with Gasteiger partial charge in [0.25, 0.3) is 0 Å². The van der Waals surface area contributed by atoms with E-state index >= 15 is 0 Å². The number of benzene rings is 1. The molecule has 1 atom stereocenters. The van der Waals surface area contributed by atoms with E-state index in [9.17, 15) is 9.59 Å². The summed E-state index contributed by atoms with van der Waals surface area (Å²) in [7, 11) is 0. The number of nitrogens with zero attached hydrogens (tertiary/aromatic N) is 1. The fraction of sp³-hybridized carbons (Fsp3) is 0.500. The summed E-state index contributed by atoms with van der Waals surface area (Å²) in [4.78, 5) is 27.5. The van der Waals surface area contributed by atoms with Crippen LogP contribution in [0.3, 0.4) is 0 Å². The van der Waals surface area contributed by atoms with Crippen molar-refractivity contribution in [3.63, 3.8) is 0 Å². The zero-order valence-corrected chi connectivity index (χ0v) is 21.5. The summed E-state index contributed by atoms with van der Waals surface area (Å²) in [5.74, 6) is -0.489. The zero-order chi connectivity index (χ0) is 25.2. The van der Waals surface area contributed by atoms with E-state index in [4.69, 9.17) is 4.74 Å². The fourth-order valence-electron chi connectivity index (χ4n) is 3.99. The Kier molecular flexibility index (Phi) is 11.1. The lowest BCUT2D eigenvalue weighted by molar-refractivity contribution is -0.123. The van der Waals surface area contributed by atoms with Gasteiger partial charge < -0.3 is 15.0 Å². The number of hydrogen-bond donors (Lipinski definition) is 1. The van der Waals surface area contributed by atoms with Gasteiger partial charge in [0.05, 0.1) is 5.92 Å². The smallest absolute Gasteiger partial charge is 0.410 e. The number of amides is 2. The van der Waals surface area contributed by atoms with Gasteiger partial charge in [-0.15, -0.1) is 0 Å². The molecule has 0 bridgehead atoms. The van der Waals surface area contributed by atoms with E-state index < -0.39 is 17.6 Å². The molecule has 2 aliphatic rings. The molecular formula is C28H42N2O3. The van der Waals surface area contributed by atoms with Gasteiger partial charge in [-0.05, 0) is 55.9 Å². The van der Waals surface area contributed by atoms with E-state index in [2.05, 4.69) is 18.5 Å². The molecule has 1 heterocycles. The van der Waals surface area contributed by atoms with Crippen LogP contribution in [0.2, 0.25) is 0 Å². The molecule has 3 rings (SSSR count). The minimum Gasteiger partial charge on any atom is -0.444 e. The monoisotopic (exact) mass is 454 g/mol. The molecule has 5 heteroatoms. The molecule has 5 nitrogen and oxygen atoms in total. The van der Waals surface area contributed by atoms with Crippen LogP contribution in [0.25, 0.3) is 0 Å². The van der Waals surface area contributed by atoms with Crippen molar-refractivity contribution in [2.24, 2.45) is 0 Å². The molecule has 1 aromatic carbocycles. The molecule has 0 saturated carbocycles. The van der Waals surface area contributed by atoms with Crippen LogP contribution in [0.5, 0.6) is 0 Å². The van der Waals surface area contributed by atoms with Gasteiger partial charge in [0.15, 0.2) is 0 Å². The molecule has 0 radical (unpaired) electrons. The lowest BCUT2D eigenvalue weighted by Gasteiger charge is -2.35. The molecule has 2 amide bonds. The number of carbonyl (C=O) groups is 2. The van der Waals surface area contributed by atoms with E-state index in [0.717, 1.165) is 35.1 Å². The first-order valence-corrected chi connectivity index (χ1v) is 12.0. The minimum absolute atomic E-state index is 0.0209. The first kappa shape index (κ1) is 28.2. The molecule has 0 saturated heterocycles. The fourth-order valence-corrected chi connectivity index (χ4v) is 3.99. The van der Waals surface area contributed by atoms with E-state index in [-0.39, 0.29) is 11.9 Å². The van der Waals surface area contributed by atoms with Crippen LogP contribution in [0.1, 0.15) is 78.4 Å². The molecule has 0 aromatic heterocycles. The Morgan fingerprint density at radius 1 is 1.03 bits per heavy atom. The summed E-state index contributed by atoms with van der Waals surface area (Å²) in [6.07, 6.45) is 4.78. The number of nitrogens with one attached hydrogen (secondary N) is 1. The Bertz CT molecular complexity index is 844. The van der Waals surface area contributed by atoms with Crippen molar-refractivity contribution in [2.45, 2.75) is 85.4 Å². The van der Waals surface area contributed by atoms with Gasteiger partial charge in [-0.1, -0.05) is 77.3 Å². The highest BCUT2D eigenvalue weighted by Gasteiger charge is 2.35. The summed E-state index contributed by atoms with van der Waals surface area (Å²) in [5, 5.41) is 3.17. The normalized spacial score (nSPS) is 17.5. The lowest BCUT2D eigenvalue weighted by atomic mass is 9.89. The molecule has 1 unspecified atom stereocenters. The summed E-state index contributed by atoms with van der Waals surface area (Å²) in [5.41, 5.74) is 3.63. The Balaban J connectivity index is 0.00000129. The van der Waals surface area contributed by atoms with Gasteiger partial charge in [0.1, 0.15) is 5.60 Å². The van der Waals surface area contributed by atoms with Crippen molar-refractivity contribution in [3.8, 4) is 0 Å². The van der Waals surface area contributed by atoms with E-state index in [0.29, 0.717) is 13.1 Å². The molecular weight excluding hydrogens is 412 g/mol. The second kappa shape index (κ2) is 13.0. The summed E-state index contributed by atoms with van der Waals surface area (Å²) >= 11 is 0. The highest BCUT2D eigenvalue weighted by atomic mass is 16.6. The van der Waals surface area contributed by atoms with Crippen LogP contribution in [0, 0.1) is 0 Å². The van der Waals surface area contributed by atoms with Gasteiger partial charge in [0, 0.05) is 19.1 Å². The Labute approximate surface area is 200 Å². The van der Waals surface area contributed by atoms with Crippen LogP contribution in [-0.2, 0) is 16.1 Å². The second-order valence-corrected chi connectivity index (χ2v) is 8.68. The number of allylic oxidation sites excluding steroid dienone is 2. The predicted molar refractivity (Wildman–Crippen MR) is 137 cm³/mol. The van der Waals surface area contributed by atoms with Crippen molar-refractivity contribution < 1.29 is 14.3 Å². The third-order valence-electron chi connectivity index (χ3n) is 5.35. The van der Waals surface area contributed by atoms with Gasteiger partial charge >= 0.3 is 6.09 Å². The summed E-state index contributed by atoms with van der Waals surface area (Å²) < 4.78 is 5.54. The van der Waals surface area contributed by atoms with Crippen LogP contribution >= 0.6 is 0 Å². The molecule has 182 valence electrons. The maximum atomic E-state index is 13.2. The van der Waals surface area contributed by atoms with Crippen molar-refractivity contribution in [1.82, 2.24) is 10.2 Å². The SMILES string of the molecule is C=CC1=C(C=C)CC(NC(=O)C2CN(C(=O)OC(C)(C)C)Cc3ccccc32)C1.CC.CC. The first-order chi connectivity index (χ1) is 15.7. The third kappa shape index (κ3) is 7.62. The number of carbonyl (C=O) groups excluding carboxylic acids is 2. The van der Waals surface area contributed by atoms with Gasteiger partial charge in [-0.2, -0.15) is 0 Å². The van der Waals surface area contributed by atoms with E-state index in [1.54, 1.807) is 4.90 Å². The standard InChI is InChI=1S/C24H30N2O3.2C2H6/c1-6-16-12-19(13-17(16)7-2)25-22(27)21-15-26(23(28)29-24(3,4)5)14-18-10-8-9-11-20(18)21;2*1-2/h6-11,19,21H,1-2,12-15H2,3-5H3,(H,25,27);2*1-2H3. The van der Waals surface area contributed by atoms with Gasteiger partial charge in [0.2, 0.25) is 5.91 Å². The number of hydrogen-bond acceptors (Lipinski definition) is 3. The third-order valence-corrected chi connectivity index (χ3v) is 5.35. The number of ether oxygens (including phenoxy) is 1. The van der Waals surface area contributed by atoms with Gasteiger partial charge in [-0.25, -0.2) is 4.79 Å². The molecule has 1 aliphatic heterocycles. The van der Waals surface area contributed by atoms with Crippen LogP contribution in [0.15, 0.2) is 60.7 Å². The molecule has 0 spiro atoms. The van der Waals surface area contributed by atoms with Crippen molar-refractivity contribution in [2.75, 3.05) is 6.54 Å². The molecule has 1 N–H and O–H groups in total. The Hall–Kier alpha value is -2.82. The zero-order valence-electron chi connectivity index (χ0n) is 21.5. The predicted octanol–water partition coefficient (Wildman–Crippen LogP) is 6.52. The maximum Gasteiger partial charge on any atom is 0.410 e. The van der Waals surface area contributed by atoms with Crippen LogP contribution < -0.4 is 5.32 Å². The quantitative estimate of drug-likeness (QED) is 0.563.